The zero-order valence-electron chi connectivity index (χ0n) is 19.8. The molecule has 4 aromatic rings. The Bertz CT molecular complexity index is 1520. The Morgan fingerprint density at radius 1 is 1.16 bits per heavy atom. The van der Waals surface area contributed by atoms with Crippen LogP contribution in [0.5, 0.6) is 0 Å². The van der Waals surface area contributed by atoms with Crippen LogP contribution in [0.3, 0.4) is 0 Å². The predicted octanol–water partition coefficient (Wildman–Crippen LogP) is 6.25. The number of halogens is 5. The van der Waals surface area contributed by atoms with Gasteiger partial charge in [0.25, 0.3) is 0 Å². The van der Waals surface area contributed by atoms with E-state index in [9.17, 15) is 23.1 Å². The molecule has 2 aromatic carbocycles. The van der Waals surface area contributed by atoms with Gasteiger partial charge in [-0.3, -0.25) is 0 Å². The van der Waals surface area contributed by atoms with Crippen LogP contribution in [0.15, 0.2) is 54.7 Å². The second-order valence-corrected chi connectivity index (χ2v) is 8.76. The van der Waals surface area contributed by atoms with E-state index in [1.165, 1.54) is 10.8 Å². The maximum Gasteiger partial charge on any atom is 0.416 e. The number of hydrogen-bond acceptors (Lipinski definition) is 6. The largest absolute Gasteiger partial charge is 0.461 e. The molecule has 2 aromatic heterocycles. The fourth-order valence-corrected chi connectivity index (χ4v) is 4.58. The molecule has 4 rings (SSSR count). The molecule has 1 unspecified atom stereocenters. The molecule has 1 atom stereocenters. The molecule has 0 amide bonds. The smallest absolute Gasteiger partial charge is 0.416 e. The minimum atomic E-state index is -4.56. The van der Waals surface area contributed by atoms with Gasteiger partial charge in [-0.25, -0.2) is 9.78 Å². The zero-order chi connectivity index (χ0) is 28.2. The summed E-state index contributed by atoms with van der Waals surface area (Å²) >= 11 is 12.0. The number of fused-ring (bicyclic) bond motifs is 1. The summed E-state index contributed by atoms with van der Waals surface area (Å²) in [7, 11) is 0. The highest BCUT2D eigenvalue weighted by Crippen LogP contribution is 2.41. The number of carbonyl (C=O) groups is 1. The number of para-hydroxylation sites is 1. The van der Waals surface area contributed by atoms with Crippen LogP contribution < -0.4 is 0 Å². The van der Waals surface area contributed by atoms with Crippen LogP contribution >= 0.6 is 23.2 Å². The molecule has 0 aliphatic rings. The summed E-state index contributed by atoms with van der Waals surface area (Å²) in [6.45, 7) is 3.27. The number of aromatic nitrogens is 2. The maximum absolute atomic E-state index is 13.6. The minimum absolute atomic E-state index is 0.0138. The van der Waals surface area contributed by atoms with Gasteiger partial charge < -0.3 is 14.4 Å². The molecule has 0 aliphatic heterocycles. The molecule has 200 valence electrons. The topological polar surface area (TPSA) is 98.5 Å². The lowest BCUT2D eigenvalue weighted by atomic mass is 10.0. The monoisotopic (exact) mass is 586 g/mol. The summed E-state index contributed by atoms with van der Waals surface area (Å²) in [5.41, 5.74) is 0.274. The predicted molar refractivity (Wildman–Crippen MR) is 136 cm³/mol. The summed E-state index contributed by atoms with van der Waals surface area (Å²) in [5, 5.41) is 11.7. The Morgan fingerprint density at radius 2 is 1.79 bits per heavy atom. The third-order valence-corrected chi connectivity index (χ3v) is 6.21. The van der Waals surface area contributed by atoms with Gasteiger partial charge in [0, 0.05) is 22.8 Å². The van der Waals surface area contributed by atoms with Gasteiger partial charge in [-0.05, 0) is 49.7 Å². The van der Waals surface area contributed by atoms with E-state index < -0.39 is 35.4 Å². The van der Waals surface area contributed by atoms with Gasteiger partial charge in [-0.1, -0.05) is 41.4 Å². The summed E-state index contributed by atoms with van der Waals surface area (Å²) in [5.74, 6) is -0.795. The summed E-state index contributed by atoms with van der Waals surface area (Å²) in [4.78, 5) is 16.2. The number of alkyl halides is 3. The third-order valence-electron chi connectivity index (χ3n) is 5.53. The SMILES string of the molecule is CCOC(=O)c1ncc(Cl)c(C(O)c2cc3c(C)cc(C(F)(F)F)cc3n2-c2ccccc2)c1Cl.O=S=O. The molecule has 0 saturated carbocycles. The fourth-order valence-electron chi connectivity index (χ4n) is 3.95. The lowest BCUT2D eigenvalue weighted by Gasteiger charge is -2.19. The van der Waals surface area contributed by atoms with E-state index in [0.717, 1.165) is 12.1 Å². The number of rotatable bonds is 5. The molecular weight excluding hydrogens is 568 g/mol. The number of benzene rings is 2. The zero-order valence-corrected chi connectivity index (χ0v) is 22.1. The lowest BCUT2D eigenvalue weighted by Crippen LogP contribution is -2.13. The molecule has 38 heavy (non-hydrogen) atoms. The number of pyridine rings is 1. The number of esters is 1. The first-order valence-electron chi connectivity index (χ1n) is 10.9. The van der Waals surface area contributed by atoms with Crippen molar-refractivity contribution in [2.24, 2.45) is 0 Å². The standard InChI is InChI=1S/C25H19Cl2F3N2O3.O2S/c1-3-35-24(34)22-21(27)20(17(26)12-31-22)23(33)19-11-16-13(2)9-14(25(28,29)30)10-18(16)32(19)15-7-5-4-6-8-15;1-3-2/h4-12,23,33H,3H2,1-2H3;. The van der Waals surface area contributed by atoms with E-state index in [1.807, 2.05) is 0 Å². The van der Waals surface area contributed by atoms with Gasteiger partial charge in [-0.2, -0.15) is 21.6 Å². The van der Waals surface area contributed by atoms with Gasteiger partial charge >= 0.3 is 23.7 Å². The first kappa shape index (κ1) is 29.3. The molecule has 2 heterocycles. The number of aliphatic hydroxyl groups excluding tert-OH is 1. The van der Waals surface area contributed by atoms with Crippen molar-refractivity contribution >= 4 is 51.6 Å². The highest BCUT2D eigenvalue weighted by Gasteiger charge is 2.33. The average Bonchev–Trinajstić information content (AvgIpc) is 3.25. The van der Waals surface area contributed by atoms with Crippen LogP contribution in [0.2, 0.25) is 10.0 Å². The van der Waals surface area contributed by atoms with Gasteiger partial charge in [0.15, 0.2) is 5.69 Å². The van der Waals surface area contributed by atoms with Crippen LogP contribution in [0, 0.1) is 6.92 Å². The van der Waals surface area contributed by atoms with Crippen LogP contribution in [-0.4, -0.2) is 35.7 Å². The molecule has 7 nitrogen and oxygen atoms in total. The summed E-state index contributed by atoms with van der Waals surface area (Å²) in [6.07, 6.45) is -4.90. The highest BCUT2D eigenvalue weighted by molar-refractivity contribution is 7.51. The van der Waals surface area contributed by atoms with Crippen LogP contribution in [0.1, 0.15) is 45.9 Å². The first-order chi connectivity index (χ1) is 18.0. The number of carbonyl (C=O) groups excluding carboxylic acids is 1. The molecular formula is C25H19Cl2F3N2O5S. The van der Waals surface area contributed by atoms with Gasteiger partial charge in [-0.15, -0.1) is 0 Å². The summed E-state index contributed by atoms with van der Waals surface area (Å²) in [6, 6.07) is 12.3. The van der Waals surface area contributed by atoms with Crippen molar-refractivity contribution in [3.8, 4) is 5.69 Å². The van der Waals surface area contributed by atoms with E-state index in [-0.39, 0.29) is 39.1 Å². The van der Waals surface area contributed by atoms with Crippen molar-refractivity contribution in [2.75, 3.05) is 6.61 Å². The van der Waals surface area contributed by atoms with Crippen molar-refractivity contribution < 1.29 is 36.2 Å². The van der Waals surface area contributed by atoms with Crippen molar-refractivity contribution in [3.63, 3.8) is 0 Å². The maximum atomic E-state index is 13.6. The Kier molecular flexibility index (Phi) is 9.31. The van der Waals surface area contributed by atoms with Crippen molar-refractivity contribution in [1.82, 2.24) is 9.55 Å². The van der Waals surface area contributed by atoms with Crippen molar-refractivity contribution in [2.45, 2.75) is 26.1 Å². The van der Waals surface area contributed by atoms with Crippen LogP contribution in [0.4, 0.5) is 13.2 Å². The Hall–Kier alpha value is -3.25. The van der Waals surface area contributed by atoms with E-state index in [1.54, 1.807) is 50.2 Å². The number of hydrogen-bond donors (Lipinski definition) is 1. The van der Waals surface area contributed by atoms with Crippen LogP contribution in [0.25, 0.3) is 16.6 Å². The Balaban J connectivity index is 0.00000127. The lowest BCUT2D eigenvalue weighted by molar-refractivity contribution is -0.137. The van der Waals surface area contributed by atoms with Crippen LogP contribution in [-0.2, 0) is 22.5 Å². The summed E-state index contributed by atoms with van der Waals surface area (Å²) < 4.78 is 63.9. The number of nitrogens with zero attached hydrogens (tertiary/aromatic N) is 2. The molecule has 1 N–H and O–H groups in total. The number of ether oxygens (including phenoxy) is 1. The van der Waals surface area contributed by atoms with E-state index in [2.05, 4.69) is 4.98 Å². The minimum Gasteiger partial charge on any atom is -0.461 e. The molecule has 0 saturated heterocycles. The van der Waals surface area contributed by atoms with Gasteiger partial charge in [0.2, 0.25) is 0 Å². The fraction of sp³-hybridized carbons (Fsp3) is 0.200. The van der Waals surface area contributed by atoms with Crippen molar-refractivity contribution in [1.29, 1.82) is 0 Å². The van der Waals surface area contributed by atoms with Gasteiger partial charge in [0.05, 0.1) is 33.4 Å². The molecule has 0 aliphatic carbocycles. The number of aliphatic hydroxyl groups is 1. The molecule has 0 bridgehead atoms. The average molecular weight is 587 g/mol. The van der Waals surface area contributed by atoms with E-state index in [0.29, 0.717) is 16.6 Å². The Labute approximate surface area is 228 Å². The third kappa shape index (κ3) is 5.91. The molecule has 13 heteroatoms. The van der Waals surface area contributed by atoms with Crippen molar-refractivity contribution in [3.05, 3.63) is 92.9 Å². The second kappa shape index (κ2) is 12.1. The molecule has 0 fully saturated rings. The highest BCUT2D eigenvalue weighted by atomic mass is 35.5. The quantitative estimate of drug-likeness (QED) is 0.278. The van der Waals surface area contributed by atoms with E-state index >= 15 is 0 Å². The number of aryl methyl sites for hydroxylation is 1. The first-order valence-corrected chi connectivity index (χ1v) is 12.3. The second-order valence-electron chi connectivity index (χ2n) is 7.84. The van der Waals surface area contributed by atoms with E-state index in [4.69, 9.17) is 36.4 Å². The molecule has 0 radical (unpaired) electrons. The normalized spacial score (nSPS) is 12.0. The Morgan fingerprint density at radius 3 is 2.37 bits per heavy atom. The van der Waals surface area contributed by atoms with Gasteiger partial charge in [0.1, 0.15) is 6.10 Å². The molecule has 0 spiro atoms.